The summed E-state index contributed by atoms with van der Waals surface area (Å²) in [6, 6.07) is 15.2. The van der Waals surface area contributed by atoms with Crippen LogP contribution in [0.5, 0.6) is 5.75 Å². The number of benzene rings is 2. The van der Waals surface area contributed by atoms with Gasteiger partial charge in [0.2, 0.25) is 0 Å². The van der Waals surface area contributed by atoms with Crippen LogP contribution < -0.4 is 4.74 Å². The lowest BCUT2D eigenvalue weighted by Gasteiger charge is -2.19. The van der Waals surface area contributed by atoms with E-state index in [1.165, 1.54) is 27.8 Å². The van der Waals surface area contributed by atoms with Crippen molar-refractivity contribution < 1.29 is 4.74 Å². The molecule has 2 aromatic rings. The molecule has 2 heteroatoms. The Morgan fingerprint density at radius 2 is 1.90 bits per heavy atom. The summed E-state index contributed by atoms with van der Waals surface area (Å²) in [7, 11) is 0. The van der Waals surface area contributed by atoms with Crippen molar-refractivity contribution in [1.82, 2.24) is 0 Å². The molecular weight excluding hydrogens is 324 g/mol. The molecule has 108 valence electrons. The first-order valence-electron chi connectivity index (χ1n) is 7.37. The minimum absolute atomic E-state index is 0.699. The molecule has 0 bridgehead atoms. The number of aryl methyl sites for hydroxylation is 2. The average molecular weight is 343 g/mol. The van der Waals surface area contributed by atoms with Crippen molar-refractivity contribution in [2.24, 2.45) is 0 Å². The van der Waals surface area contributed by atoms with Crippen LogP contribution in [0.25, 0.3) is 5.57 Å². The molecular formula is C19H19BrO. The molecule has 0 atom stereocenters. The van der Waals surface area contributed by atoms with Crippen molar-refractivity contribution in [3.63, 3.8) is 0 Å². The number of allylic oxidation sites excluding steroid dienone is 1. The maximum atomic E-state index is 5.62. The summed E-state index contributed by atoms with van der Waals surface area (Å²) in [4.78, 5) is 0. The molecule has 0 amide bonds. The summed E-state index contributed by atoms with van der Waals surface area (Å²) in [5, 5.41) is 0.854. The van der Waals surface area contributed by atoms with Crippen LogP contribution in [0.1, 0.15) is 28.7 Å². The lowest BCUT2D eigenvalue weighted by atomic mass is 9.86. The highest BCUT2D eigenvalue weighted by molar-refractivity contribution is 9.09. The van der Waals surface area contributed by atoms with Crippen molar-refractivity contribution in [3.8, 4) is 5.75 Å². The maximum Gasteiger partial charge on any atom is 0.119 e. The number of halogens is 1. The molecule has 1 nitrogen and oxygen atoms in total. The second-order valence-electron chi connectivity index (χ2n) is 5.38. The van der Waals surface area contributed by atoms with E-state index in [2.05, 4.69) is 71.4 Å². The quantitative estimate of drug-likeness (QED) is 0.698. The third kappa shape index (κ3) is 3.21. The third-order valence-corrected chi connectivity index (χ3v) is 4.15. The van der Waals surface area contributed by atoms with Gasteiger partial charge in [-0.15, -0.1) is 0 Å². The van der Waals surface area contributed by atoms with Crippen molar-refractivity contribution in [2.45, 2.75) is 19.8 Å². The van der Waals surface area contributed by atoms with Crippen molar-refractivity contribution in [2.75, 3.05) is 11.9 Å². The highest BCUT2D eigenvalue weighted by Gasteiger charge is 2.14. The summed E-state index contributed by atoms with van der Waals surface area (Å²) in [5.74, 6) is 0.929. The predicted molar refractivity (Wildman–Crippen MR) is 92.3 cm³/mol. The lowest BCUT2D eigenvalue weighted by Crippen LogP contribution is -2.02. The highest BCUT2D eigenvalue weighted by atomic mass is 79.9. The number of fused-ring (bicyclic) bond motifs is 1. The van der Waals surface area contributed by atoms with Crippen LogP contribution in [0.15, 0.2) is 48.5 Å². The van der Waals surface area contributed by atoms with Gasteiger partial charge in [-0.25, -0.2) is 0 Å². The van der Waals surface area contributed by atoms with E-state index in [1.54, 1.807) is 0 Å². The van der Waals surface area contributed by atoms with Crippen LogP contribution in [-0.2, 0) is 6.42 Å². The Labute approximate surface area is 134 Å². The Morgan fingerprint density at radius 1 is 1.10 bits per heavy atom. The van der Waals surface area contributed by atoms with E-state index in [9.17, 15) is 0 Å². The Hall–Kier alpha value is -1.54. The van der Waals surface area contributed by atoms with Crippen LogP contribution in [-0.4, -0.2) is 11.9 Å². The second-order valence-corrected chi connectivity index (χ2v) is 6.17. The summed E-state index contributed by atoms with van der Waals surface area (Å²) in [6.07, 6.45) is 4.62. The smallest absolute Gasteiger partial charge is 0.119 e. The molecule has 0 saturated carbocycles. The number of ether oxygens (including phenoxy) is 1. The van der Waals surface area contributed by atoms with Crippen molar-refractivity contribution >= 4 is 21.5 Å². The summed E-state index contributed by atoms with van der Waals surface area (Å²) < 4.78 is 5.62. The van der Waals surface area contributed by atoms with Gasteiger partial charge < -0.3 is 4.74 Å². The molecule has 0 fully saturated rings. The first-order chi connectivity index (χ1) is 10.3. The normalized spacial score (nSPS) is 13.5. The highest BCUT2D eigenvalue weighted by Crippen LogP contribution is 2.32. The van der Waals surface area contributed by atoms with E-state index in [0.717, 1.165) is 23.9 Å². The van der Waals surface area contributed by atoms with Crippen LogP contribution >= 0.6 is 15.9 Å². The molecule has 0 N–H and O–H groups in total. The van der Waals surface area contributed by atoms with Crippen LogP contribution in [0.4, 0.5) is 0 Å². The Bertz CT molecular complexity index is 656. The summed E-state index contributed by atoms with van der Waals surface area (Å²) in [5.41, 5.74) is 6.80. The fraction of sp³-hybridized carbons (Fsp3) is 0.263. The molecule has 0 aromatic heterocycles. The van der Waals surface area contributed by atoms with Gasteiger partial charge in [-0.05, 0) is 54.2 Å². The second kappa shape index (κ2) is 6.48. The fourth-order valence-corrected chi connectivity index (χ4v) is 3.00. The average Bonchev–Trinajstić information content (AvgIpc) is 2.52. The van der Waals surface area contributed by atoms with E-state index in [1.807, 2.05) is 0 Å². The topological polar surface area (TPSA) is 9.23 Å². The van der Waals surface area contributed by atoms with Gasteiger partial charge in [0.1, 0.15) is 5.75 Å². The van der Waals surface area contributed by atoms with Gasteiger partial charge >= 0.3 is 0 Å². The number of rotatable bonds is 4. The first kappa shape index (κ1) is 14.4. The van der Waals surface area contributed by atoms with E-state index in [-0.39, 0.29) is 0 Å². The van der Waals surface area contributed by atoms with Crippen molar-refractivity contribution in [3.05, 3.63) is 70.8 Å². The van der Waals surface area contributed by atoms with Gasteiger partial charge in [0.15, 0.2) is 0 Å². The van der Waals surface area contributed by atoms with Gasteiger partial charge in [-0.1, -0.05) is 57.9 Å². The zero-order valence-corrected chi connectivity index (χ0v) is 13.8. The standard InChI is InChI=1S/C19H19BrO/c1-14-5-10-19-16(13-14)3-2-4-18(19)15-6-8-17(9-7-15)21-12-11-20/h4-10,13H,2-3,11-12H2,1H3. The summed E-state index contributed by atoms with van der Waals surface area (Å²) in [6.45, 7) is 2.86. The van der Waals surface area contributed by atoms with Crippen LogP contribution in [0, 0.1) is 6.92 Å². The number of hydrogen-bond donors (Lipinski definition) is 0. The molecule has 2 aromatic carbocycles. The first-order valence-corrected chi connectivity index (χ1v) is 8.49. The Morgan fingerprint density at radius 3 is 2.67 bits per heavy atom. The van der Waals surface area contributed by atoms with E-state index in [4.69, 9.17) is 4.74 Å². The minimum atomic E-state index is 0.699. The monoisotopic (exact) mass is 342 g/mol. The van der Waals surface area contributed by atoms with E-state index in [0.29, 0.717) is 6.61 Å². The zero-order chi connectivity index (χ0) is 14.7. The number of alkyl halides is 1. The predicted octanol–water partition coefficient (Wildman–Crippen LogP) is 5.15. The minimum Gasteiger partial charge on any atom is -0.493 e. The third-order valence-electron chi connectivity index (χ3n) is 3.82. The molecule has 1 aliphatic rings. The molecule has 3 rings (SSSR count). The van der Waals surface area contributed by atoms with Gasteiger partial charge in [0.25, 0.3) is 0 Å². The molecule has 1 aliphatic carbocycles. The Balaban J connectivity index is 1.89. The zero-order valence-electron chi connectivity index (χ0n) is 12.2. The molecule has 0 radical (unpaired) electrons. The Kier molecular flexibility index (Phi) is 4.45. The SMILES string of the molecule is Cc1ccc2c(c1)CCC=C2c1ccc(OCCBr)cc1. The van der Waals surface area contributed by atoms with E-state index >= 15 is 0 Å². The van der Waals surface area contributed by atoms with Gasteiger partial charge in [0.05, 0.1) is 6.61 Å². The maximum absolute atomic E-state index is 5.62. The fourth-order valence-electron chi connectivity index (χ4n) is 2.83. The molecule has 0 saturated heterocycles. The number of hydrogen-bond acceptors (Lipinski definition) is 1. The lowest BCUT2D eigenvalue weighted by molar-refractivity contribution is 0.345. The molecule has 0 unspecified atom stereocenters. The molecule has 0 heterocycles. The van der Waals surface area contributed by atoms with Gasteiger partial charge in [0, 0.05) is 5.33 Å². The van der Waals surface area contributed by atoms with Crippen molar-refractivity contribution in [1.29, 1.82) is 0 Å². The van der Waals surface area contributed by atoms with E-state index < -0.39 is 0 Å². The van der Waals surface area contributed by atoms with Crippen LogP contribution in [0.2, 0.25) is 0 Å². The molecule has 0 aliphatic heterocycles. The molecule has 0 spiro atoms. The van der Waals surface area contributed by atoms with Gasteiger partial charge in [-0.2, -0.15) is 0 Å². The summed E-state index contributed by atoms with van der Waals surface area (Å²) >= 11 is 3.37. The van der Waals surface area contributed by atoms with Crippen LogP contribution in [0.3, 0.4) is 0 Å². The largest absolute Gasteiger partial charge is 0.493 e. The van der Waals surface area contributed by atoms with Gasteiger partial charge in [-0.3, -0.25) is 0 Å². The molecule has 21 heavy (non-hydrogen) atoms.